The summed E-state index contributed by atoms with van der Waals surface area (Å²) in [6.45, 7) is 16.3. The number of thiophene rings is 6. The van der Waals surface area contributed by atoms with Gasteiger partial charge < -0.3 is 5.84 Å². The number of aryl methyl sites for hydroxylation is 1. The Balaban J connectivity index is 1.56. The Kier molecular flexibility index (Phi) is 5.05. The van der Waals surface area contributed by atoms with Crippen LogP contribution in [-0.4, -0.2) is 4.68 Å². The molecule has 182 valence electrons. The van der Waals surface area contributed by atoms with Crippen molar-refractivity contribution in [3.05, 3.63) is 20.9 Å². The Morgan fingerprint density at radius 1 is 0.543 bits per heavy atom. The first kappa shape index (κ1) is 23.0. The highest BCUT2D eigenvalue weighted by Crippen LogP contribution is 2.57. The number of nitrogen functional groups attached to an aromatic ring is 1. The molecule has 0 amide bonds. The lowest BCUT2D eigenvalue weighted by Gasteiger charge is -2.09. The first-order valence-electron chi connectivity index (χ1n) is 12.3. The molecule has 0 saturated heterocycles. The van der Waals surface area contributed by atoms with Crippen LogP contribution >= 0.6 is 68.0 Å². The van der Waals surface area contributed by atoms with Crippen molar-refractivity contribution < 1.29 is 0 Å². The molecule has 7 aromatic heterocycles. The predicted molar refractivity (Wildman–Crippen MR) is 169 cm³/mol. The fourth-order valence-electron chi connectivity index (χ4n) is 5.56. The third kappa shape index (κ3) is 2.84. The summed E-state index contributed by atoms with van der Waals surface area (Å²) in [4.78, 5) is 3.12. The van der Waals surface area contributed by atoms with Crippen LogP contribution in [0.3, 0.4) is 0 Å². The van der Waals surface area contributed by atoms with E-state index in [0.717, 1.165) is 6.42 Å². The van der Waals surface area contributed by atoms with Gasteiger partial charge in [-0.3, -0.25) is 4.68 Å². The summed E-state index contributed by atoms with van der Waals surface area (Å²) in [6.07, 6.45) is 1.10. The summed E-state index contributed by atoms with van der Waals surface area (Å²) >= 11 is 11.9. The SMILES string of the molecule is CCc1c(C(C)C)sc2c1sc1c2sc2c3sc4c5sc(C(C)C)c(C(C)C)c5sc4c3n(N)c12. The summed E-state index contributed by atoms with van der Waals surface area (Å²) in [5, 5.41) is 0. The molecule has 2 nitrogen and oxygen atoms in total. The maximum absolute atomic E-state index is 6.95. The molecule has 0 aromatic carbocycles. The van der Waals surface area contributed by atoms with Crippen LogP contribution in [0, 0.1) is 0 Å². The molecule has 7 aromatic rings. The van der Waals surface area contributed by atoms with Gasteiger partial charge in [0.1, 0.15) is 0 Å². The molecule has 0 aliphatic carbocycles. The average Bonchev–Trinajstić information content (AvgIpc) is 3.58. The monoisotopic (exact) mass is 572 g/mol. The highest BCUT2D eigenvalue weighted by Gasteiger charge is 2.28. The molecule has 0 aliphatic rings. The standard InChI is InChI=1S/C27H28N2S6/c1-8-12-16(10(4)5)30-24-18(12)32-22-14-20(34-26(22)24)21-15(29(14)28)23-27(35-21)25-19(33-23)13(9(2)3)17(31-25)11(6)7/h9-11H,8,28H2,1-7H3. The molecule has 35 heavy (non-hydrogen) atoms. The Morgan fingerprint density at radius 2 is 0.971 bits per heavy atom. The zero-order chi connectivity index (χ0) is 24.5. The van der Waals surface area contributed by atoms with Crippen LogP contribution < -0.4 is 5.84 Å². The van der Waals surface area contributed by atoms with Crippen LogP contribution in [0.25, 0.3) is 58.0 Å². The molecule has 7 heterocycles. The van der Waals surface area contributed by atoms with Crippen molar-refractivity contribution in [1.29, 1.82) is 0 Å². The summed E-state index contributed by atoms with van der Waals surface area (Å²) in [5.74, 6) is 8.64. The highest BCUT2D eigenvalue weighted by atomic mass is 32.1. The van der Waals surface area contributed by atoms with Crippen molar-refractivity contribution in [3.63, 3.8) is 0 Å². The topological polar surface area (TPSA) is 30.9 Å². The van der Waals surface area contributed by atoms with Gasteiger partial charge >= 0.3 is 0 Å². The molecule has 0 aliphatic heterocycles. The summed E-state index contributed by atoms with van der Waals surface area (Å²) < 4.78 is 16.4. The van der Waals surface area contributed by atoms with Gasteiger partial charge in [-0.05, 0) is 35.3 Å². The van der Waals surface area contributed by atoms with Crippen LogP contribution in [0.2, 0.25) is 0 Å². The molecule has 8 heteroatoms. The number of nitrogens with two attached hydrogens (primary N) is 1. The molecule has 0 atom stereocenters. The van der Waals surface area contributed by atoms with Crippen LogP contribution in [-0.2, 0) is 6.42 Å². The lowest BCUT2D eigenvalue weighted by Crippen LogP contribution is -2.05. The summed E-state index contributed by atoms with van der Waals surface area (Å²) in [5.41, 5.74) is 5.62. The largest absolute Gasteiger partial charge is 0.338 e. The van der Waals surface area contributed by atoms with E-state index in [1.54, 1.807) is 20.9 Å². The number of nitrogens with zero attached hydrogens (tertiary/aromatic N) is 1. The maximum Gasteiger partial charge on any atom is 0.0999 e. The first-order chi connectivity index (χ1) is 16.7. The highest BCUT2D eigenvalue weighted by molar-refractivity contribution is 7.45. The van der Waals surface area contributed by atoms with E-state index in [9.17, 15) is 0 Å². The van der Waals surface area contributed by atoms with Gasteiger partial charge in [0, 0.05) is 9.75 Å². The van der Waals surface area contributed by atoms with E-state index in [4.69, 9.17) is 5.84 Å². The van der Waals surface area contributed by atoms with Gasteiger partial charge in [0.05, 0.1) is 58.0 Å². The second kappa shape index (κ2) is 7.68. The van der Waals surface area contributed by atoms with E-state index in [2.05, 4.69) is 48.5 Å². The van der Waals surface area contributed by atoms with Crippen molar-refractivity contribution in [2.45, 2.75) is 72.6 Å². The van der Waals surface area contributed by atoms with Gasteiger partial charge in [-0.15, -0.1) is 68.0 Å². The molecule has 2 N–H and O–H groups in total. The van der Waals surface area contributed by atoms with Gasteiger partial charge in [0.2, 0.25) is 0 Å². The number of fused-ring (bicyclic) bond motifs is 11. The lowest BCUT2D eigenvalue weighted by molar-refractivity contribution is 0.816. The molecule has 0 spiro atoms. The minimum absolute atomic E-state index is 0.541. The third-order valence-electron chi connectivity index (χ3n) is 7.09. The average molecular weight is 573 g/mol. The van der Waals surface area contributed by atoms with Crippen molar-refractivity contribution in [3.8, 4) is 0 Å². The number of rotatable bonds is 4. The fourth-order valence-corrected chi connectivity index (χ4v) is 15.1. The van der Waals surface area contributed by atoms with Gasteiger partial charge in [-0.2, -0.15) is 0 Å². The van der Waals surface area contributed by atoms with Gasteiger partial charge in [-0.25, -0.2) is 0 Å². The third-order valence-corrected chi connectivity index (χ3v) is 16.0. The van der Waals surface area contributed by atoms with Gasteiger partial charge in [0.15, 0.2) is 0 Å². The molecule has 0 saturated carbocycles. The van der Waals surface area contributed by atoms with Crippen molar-refractivity contribution in [2.75, 3.05) is 5.84 Å². The van der Waals surface area contributed by atoms with Crippen molar-refractivity contribution in [1.82, 2.24) is 4.68 Å². The van der Waals surface area contributed by atoms with Crippen LogP contribution in [0.4, 0.5) is 0 Å². The number of hydrogen-bond donors (Lipinski definition) is 1. The molecule has 0 fully saturated rings. The first-order valence-corrected chi connectivity index (χ1v) is 17.2. The summed E-state index contributed by atoms with van der Waals surface area (Å²) in [7, 11) is 0. The van der Waals surface area contributed by atoms with E-state index >= 15 is 0 Å². The lowest BCUT2D eigenvalue weighted by atomic mass is 9.99. The van der Waals surface area contributed by atoms with Crippen LogP contribution in [0.15, 0.2) is 0 Å². The van der Waals surface area contributed by atoms with E-state index in [1.807, 2.05) is 72.7 Å². The van der Waals surface area contributed by atoms with Crippen molar-refractivity contribution >= 4 is 126 Å². The molecule has 7 rings (SSSR count). The normalized spacial score (nSPS) is 13.4. The second-order valence-corrected chi connectivity index (χ2v) is 16.6. The van der Waals surface area contributed by atoms with E-state index < -0.39 is 0 Å². The van der Waals surface area contributed by atoms with E-state index in [0.29, 0.717) is 17.8 Å². The van der Waals surface area contributed by atoms with Crippen LogP contribution in [0.1, 0.15) is 87.1 Å². The zero-order valence-electron chi connectivity index (χ0n) is 20.9. The Morgan fingerprint density at radius 3 is 1.49 bits per heavy atom. The summed E-state index contributed by atoms with van der Waals surface area (Å²) in [6, 6.07) is 0. The Labute approximate surface area is 228 Å². The van der Waals surface area contributed by atoms with Gasteiger partial charge in [-0.1, -0.05) is 48.5 Å². The Hall–Kier alpha value is -1.16. The molecule has 0 bridgehead atoms. The molecular weight excluding hydrogens is 545 g/mol. The van der Waals surface area contributed by atoms with Crippen molar-refractivity contribution in [2.24, 2.45) is 0 Å². The second-order valence-electron chi connectivity index (χ2n) is 10.4. The Bertz CT molecular complexity index is 1930. The zero-order valence-corrected chi connectivity index (χ0v) is 25.8. The molecule has 0 unspecified atom stereocenters. The molecule has 0 radical (unpaired) electrons. The number of hydrogen-bond acceptors (Lipinski definition) is 7. The molecular formula is C27H28N2S6. The van der Waals surface area contributed by atoms with E-state index in [-0.39, 0.29) is 0 Å². The fraction of sp³-hybridized carbons (Fsp3) is 0.407. The van der Waals surface area contributed by atoms with E-state index in [1.165, 1.54) is 58.0 Å². The smallest absolute Gasteiger partial charge is 0.0999 e. The minimum Gasteiger partial charge on any atom is -0.338 e. The minimum atomic E-state index is 0.541. The maximum atomic E-state index is 6.95. The predicted octanol–water partition coefficient (Wildman–Crippen LogP) is 11.4. The quantitative estimate of drug-likeness (QED) is 0.209. The number of aromatic nitrogens is 1. The van der Waals surface area contributed by atoms with Gasteiger partial charge in [0.25, 0.3) is 0 Å². The van der Waals surface area contributed by atoms with Crippen LogP contribution in [0.5, 0.6) is 0 Å².